The predicted octanol–water partition coefficient (Wildman–Crippen LogP) is 0.401. The van der Waals surface area contributed by atoms with Crippen molar-refractivity contribution in [1.82, 2.24) is 5.32 Å². The number of allylic oxidation sites excluding steroid dienone is 1. The van der Waals surface area contributed by atoms with Gasteiger partial charge in [0.25, 0.3) is 5.91 Å². The minimum Gasteiger partial charge on any atom is -0.347 e. The van der Waals surface area contributed by atoms with Crippen LogP contribution in [0.5, 0.6) is 0 Å². The van der Waals surface area contributed by atoms with Crippen LogP contribution < -0.4 is 5.32 Å². The van der Waals surface area contributed by atoms with Crippen LogP contribution >= 0.6 is 0 Å². The zero-order valence-corrected chi connectivity index (χ0v) is 6.00. The number of carbonyl (C=O) groups excluding carboxylic acids is 1. The summed E-state index contributed by atoms with van der Waals surface area (Å²) < 4.78 is 0. The fourth-order valence-electron chi connectivity index (χ4n) is 1.18. The van der Waals surface area contributed by atoms with Gasteiger partial charge in [-0.3, -0.25) is 9.79 Å². The van der Waals surface area contributed by atoms with Crippen LogP contribution in [0.15, 0.2) is 28.4 Å². The van der Waals surface area contributed by atoms with Gasteiger partial charge >= 0.3 is 0 Å². The smallest absolute Gasteiger partial charge is 0.270 e. The lowest BCUT2D eigenvalue weighted by atomic mass is 10.2. The Morgan fingerprint density at radius 1 is 1.55 bits per heavy atom. The summed E-state index contributed by atoms with van der Waals surface area (Å²) in [6.07, 6.45) is 6.54. The highest BCUT2D eigenvalue weighted by atomic mass is 16.2. The van der Waals surface area contributed by atoms with E-state index >= 15 is 0 Å². The van der Waals surface area contributed by atoms with E-state index in [1.807, 2.05) is 12.2 Å². The summed E-state index contributed by atoms with van der Waals surface area (Å²) in [7, 11) is 0. The molecule has 0 aromatic rings. The molecule has 0 radical (unpaired) electrons. The second-order valence-corrected chi connectivity index (χ2v) is 2.51. The normalized spacial score (nSPS) is 21.6. The van der Waals surface area contributed by atoms with Crippen molar-refractivity contribution >= 4 is 12.1 Å². The van der Waals surface area contributed by atoms with Gasteiger partial charge < -0.3 is 5.32 Å². The molecular formula is C8H8N2O. The van der Waals surface area contributed by atoms with Gasteiger partial charge in [-0.25, -0.2) is 0 Å². The lowest BCUT2D eigenvalue weighted by Gasteiger charge is -1.88. The second kappa shape index (κ2) is 2.34. The van der Waals surface area contributed by atoms with E-state index in [1.54, 1.807) is 6.21 Å². The fraction of sp³-hybridized carbons (Fsp3) is 0.250. The number of rotatable bonds is 0. The maximum Gasteiger partial charge on any atom is 0.270 e. The maximum atomic E-state index is 11.0. The highest BCUT2D eigenvalue weighted by molar-refractivity contribution is 5.98. The molecule has 3 heteroatoms. The topological polar surface area (TPSA) is 41.5 Å². The fourth-order valence-corrected chi connectivity index (χ4v) is 1.18. The molecule has 0 saturated heterocycles. The molecule has 0 fully saturated rings. The molecule has 0 aromatic heterocycles. The van der Waals surface area contributed by atoms with Gasteiger partial charge in [0.1, 0.15) is 5.70 Å². The number of carbonyl (C=O) groups is 1. The van der Waals surface area contributed by atoms with Crippen molar-refractivity contribution in [2.24, 2.45) is 4.99 Å². The number of amides is 1. The third-order valence-electron chi connectivity index (χ3n) is 1.74. The van der Waals surface area contributed by atoms with E-state index in [-0.39, 0.29) is 5.91 Å². The Kier molecular flexibility index (Phi) is 1.35. The number of nitrogens with one attached hydrogen (secondary N) is 1. The molecule has 0 unspecified atom stereocenters. The molecule has 0 saturated carbocycles. The number of hydrogen-bond acceptors (Lipinski definition) is 2. The number of hydrogen-bond donors (Lipinski definition) is 1. The Labute approximate surface area is 64.5 Å². The molecule has 2 rings (SSSR count). The molecule has 1 amide bonds. The SMILES string of the molecule is O=C1NCC2=C1N=CCC=C2. The van der Waals surface area contributed by atoms with Gasteiger partial charge in [0.15, 0.2) is 0 Å². The standard InChI is InChI=1S/C8H8N2O/c11-8-7-6(5-10-8)3-1-2-4-9-7/h1,3-4H,2,5H2,(H,10,11). The van der Waals surface area contributed by atoms with Gasteiger partial charge in [0.2, 0.25) is 0 Å². The van der Waals surface area contributed by atoms with Gasteiger partial charge in [0, 0.05) is 24.8 Å². The summed E-state index contributed by atoms with van der Waals surface area (Å²) in [4.78, 5) is 15.1. The Morgan fingerprint density at radius 2 is 2.45 bits per heavy atom. The lowest BCUT2D eigenvalue weighted by Crippen LogP contribution is -2.17. The summed E-state index contributed by atoms with van der Waals surface area (Å²) in [6.45, 7) is 0.627. The first kappa shape index (κ1) is 6.34. The predicted molar refractivity (Wildman–Crippen MR) is 42.3 cm³/mol. The quantitative estimate of drug-likeness (QED) is 0.530. The summed E-state index contributed by atoms with van der Waals surface area (Å²) in [5, 5.41) is 2.71. The molecule has 3 nitrogen and oxygen atoms in total. The van der Waals surface area contributed by atoms with Crippen molar-refractivity contribution in [2.45, 2.75) is 6.42 Å². The highest BCUT2D eigenvalue weighted by Gasteiger charge is 2.20. The van der Waals surface area contributed by atoms with E-state index in [9.17, 15) is 4.79 Å². The molecule has 0 aromatic carbocycles. The summed E-state index contributed by atoms with van der Waals surface area (Å²) >= 11 is 0. The average molecular weight is 148 g/mol. The molecule has 56 valence electrons. The molecule has 2 aliphatic heterocycles. The van der Waals surface area contributed by atoms with Crippen LogP contribution in [0.25, 0.3) is 0 Å². The van der Waals surface area contributed by atoms with Crippen LogP contribution in [-0.2, 0) is 4.79 Å². The van der Waals surface area contributed by atoms with Crippen molar-refractivity contribution in [2.75, 3.05) is 6.54 Å². The summed E-state index contributed by atoms with van der Waals surface area (Å²) in [5.74, 6) is -0.0530. The van der Waals surface area contributed by atoms with Gasteiger partial charge in [-0.1, -0.05) is 12.2 Å². The molecule has 2 aliphatic rings. The first-order chi connectivity index (χ1) is 5.38. The van der Waals surface area contributed by atoms with E-state index in [0.29, 0.717) is 12.2 Å². The first-order valence-corrected chi connectivity index (χ1v) is 3.58. The van der Waals surface area contributed by atoms with Gasteiger partial charge in [-0.2, -0.15) is 0 Å². The Bertz CT molecular complexity index is 286. The van der Waals surface area contributed by atoms with Crippen molar-refractivity contribution in [3.8, 4) is 0 Å². The minimum atomic E-state index is -0.0530. The van der Waals surface area contributed by atoms with Gasteiger partial charge in [0.05, 0.1) is 0 Å². The molecule has 11 heavy (non-hydrogen) atoms. The van der Waals surface area contributed by atoms with Crippen LogP contribution in [0.1, 0.15) is 6.42 Å². The number of nitrogens with zero attached hydrogens (tertiary/aromatic N) is 1. The third kappa shape index (κ3) is 0.981. The van der Waals surface area contributed by atoms with E-state index in [0.717, 1.165) is 12.0 Å². The lowest BCUT2D eigenvalue weighted by molar-refractivity contribution is -0.116. The molecular weight excluding hydrogens is 140 g/mol. The second-order valence-electron chi connectivity index (χ2n) is 2.51. The van der Waals surface area contributed by atoms with Crippen LogP contribution in [0.3, 0.4) is 0 Å². The van der Waals surface area contributed by atoms with E-state index in [2.05, 4.69) is 10.3 Å². The molecule has 2 heterocycles. The molecule has 0 aliphatic carbocycles. The molecule has 0 spiro atoms. The van der Waals surface area contributed by atoms with Crippen LogP contribution in [0.4, 0.5) is 0 Å². The Hall–Kier alpha value is -1.38. The zero-order chi connectivity index (χ0) is 7.68. The zero-order valence-electron chi connectivity index (χ0n) is 6.00. The number of aliphatic imine (C=N–C) groups is 1. The maximum absolute atomic E-state index is 11.0. The summed E-state index contributed by atoms with van der Waals surface area (Å²) in [6, 6.07) is 0. The highest BCUT2D eigenvalue weighted by Crippen LogP contribution is 2.15. The van der Waals surface area contributed by atoms with Crippen molar-refractivity contribution in [3.05, 3.63) is 23.4 Å². The monoisotopic (exact) mass is 148 g/mol. The van der Waals surface area contributed by atoms with E-state index < -0.39 is 0 Å². The van der Waals surface area contributed by atoms with Crippen molar-refractivity contribution < 1.29 is 4.79 Å². The van der Waals surface area contributed by atoms with Gasteiger partial charge in [-0.05, 0) is 0 Å². The molecule has 1 N–H and O–H groups in total. The molecule has 0 atom stereocenters. The molecule has 0 bridgehead atoms. The van der Waals surface area contributed by atoms with Crippen molar-refractivity contribution in [1.29, 1.82) is 0 Å². The van der Waals surface area contributed by atoms with Gasteiger partial charge in [-0.15, -0.1) is 0 Å². The van der Waals surface area contributed by atoms with E-state index in [4.69, 9.17) is 0 Å². The summed E-state index contributed by atoms with van der Waals surface area (Å²) in [5.41, 5.74) is 1.59. The van der Waals surface area contributed by atoms with Crippen molar-refractivity contribution in [3.63, 3.8) is 0 Å². The minimum absolute atomic E-state index is 0.0530. The first-order valence-electron chi connectivity index (χ1n) is 3.58. The van der Waals surface area contributed by atoms with E-state index in [1.165, 1.54) is 0 Å². The van der Waals surface area contributed by atoms with Crippen LogP contribution in [0, 0.1) is 0 Å². The van der Waals surface area contributed by atoms with Crippen LogP contribution in [-0.4, -0.2) is 18.7 Å². The Balaban J connectivity index is 2.44. The third-order valence-corrected chi connectivity index (χ3v) is 1.74. The largest absolute Gasteiger partial charge is 0.347 e. The average Bonchev–Trinajstić information content (AvgIpc) is 2.25. The Morgan fingerprint density at radius 3 is 3.36 bits per heavy atom. The van der Waals surface area contributed by atoms with Crippen LogP contribution in [0.2, 0.25) is 0 Å².